The fourth-order valence-corrected chi connectivity index (χ4v) is 2.15. The molecule has 1 aliphatic heterocycles. The summed E-state index contributed by atoms with van der Waals surface area (Å²) in [5.74, 6) is -0.0568. The second kappa shape index (κ2) is 5.66. The van der Waals surface area contributed by atoms with Gasteiger partial charge in [0, 0.05) is 44.0 Å². The van der Waals surface area contributed by atoms with Crippen molar-refractivity contribution in [1.82, 2.24) is 4.90 Å². The fraction of sp³-hybridized carbons (Fsp3) is 0.417. The number of rotatable bonds is 3. The van der Waals surface area contributed by atoms with E-state index in [-0.39, 0.29) is 18.1 Å². The summed E-state index contributed by atoms with van der Waals surface area (Å²) in [6.45, 7) is 2.54. The Hall–Kier alpha value is -2.15. The molecule has 0 unspecified atom stereocenters. The minimum atomic E-state index is -0.405. The van der Waals surface area contributed by atoms with E-state index in [4.69, 9.17) is 5.73 Å². The van der Waals surface area contributed by atoms with Crippen LogP contribution >= 0.6 is 0 Å². The Labute approximate surface area is 110 Å². The molecule has 0 radical (unpaired) electrons. The van der Waals surface area contributed by atoms with Gasteiger partial charge in [-0.05, 0) is 6.07 Å². The van der Waals surface area contributed by atoms with Crippen LogP contribution in [0.15, 0.2) is 24.3 Å². The average molecular weight is 264 g/mol. The maximum absolute atomic E-state index is 11.4. The molecule has 2 rings (SSSR count). The van der Waals surface area contributed by atoms with Crippen molar-refractivity contribution in [2.24, 2.45) is 5.73 Å². The van der Waals surface area contributed by atoms with E-state index < -0.39 is 4.92 Å². The van der Waals surface area contributed by atoms with Gasteiger partial charge in [-0.3, -0.25) is 14.9 Å². The summed E-state index contributed by atoms with van der Waals surface area (Å²) in [6, 6.07) is 6.54. The van der Waals surface area contributed by atoms with Crippen molar-refractivity contribution in [2.75, 3.05) is 37.6 Å². The zero-order valence-corrected chi connectivity index (χ0v) is 10.5. The highest BCUT2D eigenvalue weighted by molar-refractivity contribution is 5.78. The molecule has 0 aromatic heterocycles. The number of hydrogen-bond donors (Lipinski definition) is 1. The molecule has 1 saturated heterocycles. The molecular formula is C12H16N4O3. The van der Waals surface area contributed by atoms with Crippen molar-refractivity contribution in [1.29, 1.82) is 0 Å². The Bertz CT molecular complexity index is 484. The molecule has 1 amide bonds. The number of hydrogen-bond acceptors (Lipinski definition) is 5. The number of carbonyl (C=O) groups is 1. The number of amides is 1. The number of nitrogens with two attached hydrogens (primary N) is 1. The van der Waals surface area contributed by atoms with E-state index in [1.54, 1.807) is 17.0 Å². The molecule has 102 valence electrons. The lowest BCUT2D eigenvalue weighted by Crippen LogP contribution is -2.50. The quantitative estimate of drug-likeness (QED) is 0.622. The average Bonchev–Trinajstić information content (AvgIpc) is 2.46. The largest absolute Gasteiger partial charge is 0.368 e. The van der Waals surface area contributed by atoms with Crippen LogP contribution in [0.25, 0.3) is 0 Å². The third-order valence-electron chi connectivity index (χ3n) is 3.21. The minimum absolute atomic E-state index is 0.0246. The molecule has 1 aliphatic rings. The standard InChI is InChI=1S/C12H16N4O3/c13-9-12(17)15-6-4-14(5-7-15)10-2-1-3-11(8-10)16(18)19/h1-3,8H,4-7,9,13H2. The smallest absolute Gasteiger partial charge is 0.271 e. The normalized spacial score (nSPS) is 15.4. The maximum atomic E-state index is 11.4. The zero-order chi connectivity index (χ0) is 13.8. The first-order valence-corrected chi connectivity index (χ1v) is 6.09. The summed E-state index contributed by atoms with van der Waals surface area (Å²) in [6.07, 6.45) is 0. The van der Waals surface area contributed by atoms with Crippen LogP contribution in [0, 0.1) is 10.1 Å². The Morgan fingerprint density at radius 1 is 1.32 bits per heavy atom. The number of piperazine rings is 1. The van der Waals surface area contributed by atoms with Crippen LogP contribution in [-0.2, 0) is 4.79 Å². The summed E-state index contributed by atoms with van der Waals surface area (Å²) < 4.78 is 0. The minimum Gasteiger partial charge on any atom is -0.368 e. The highest BCUT2D eigenvalue weighted by Gasteiger charge is 2.21. The third kappa shape index (κ3) is 3.00. The van der Waals surface area contributed by atoms with Gasteiger partial charge in [-0.25, -0.2) is 0 Å². The van der Waals surface area contributed by atoms with Crippen molar-refractivity contribution in [3.05, 3.63) is 34.4 Å². The molecule has 7 heteroatoms. The molecule has 0 atom stereocenters. The number of nitro benzene ring substituents is 1. The lowest BCUT2D eigenvalue weighted by Gasteiger charge is -2.35. The molecule has 1 aromatic carbocycles. The molecular weight excluding hydrogens is 248 g/mol. The maximum Gasteiger partial charge on any atom is 0.271 e. The van der Waals surface area contributed by atoms with E-state index in [0.29, 0.717) is 26.2 Å². The van der Waals surface area contributed by atoms with E-state index in [1.165, 1.54) is 6.07 Å². The Morgan fingerprint density at radius 2 is 2.00 bits per heavy atom. The SMILES string of the molecule is NCC(=O)N1CCN(c2cccc([N+](=O)[O-])c2)CC1. The first-order valence-electron chi connectivity index (χ1n) is 6.09. The van der Waals surface area contributed by atoms with E-state index >= 15 is 0 Å². The van der Waals surface area contributed by atoms with E-state index in [0.717, 1.165) is 5.69 Å². The van der Waals surface area contributed by atoms with Crippen LogP contribution in [0.1, 0.15) is 0 Å². The van der Waals surface area contributed by atoms with Crippen LogP contribution in [0.2, 0.25) is 0 Å². The van der Waals surface area contributed by atoms with Gasteiger partial charge in [-0.2, -0.15) is 0 Å². The van der Waals surface area contributed by atoms with Gasteiger partial charge in [0.15, 0.2) is 0 Å². The van der Waals surface area contributed by atoms with Crippen LogP contribution < -0.4 is 10.6 Å². The van der Waals surface area contributed by atoms with Crippen LogP contribution in [0.3, 0.4) is 0 Å². The Balaban J connectivity index is 2.03. The molecule has 1 aromatic rings. The second-order valence-corrected chi connectivity index (χ2v) is 4.35. The van der Waals surface area contributed by atoms with E-state index in [2.05, 4.69) is 0 Å². The first-order chi connectivity index (χ1) is 9.11. The second-order valence-electron chi connectivity index (χ2n) is 4.35. The van der Waals surface area contributed by atoms with Crippen LogP contribution in [-0.4, -0.2) is 48.5 Å². The number of non-ortho nitro benzene ring substituents is 1. The van der Waals surface area contributed by atoms with E-state index in [1.807, 2.05) is 11.0 Å². The van der Waals surface area contributed by atoms with Crippen molar-refractivity contribution in [3.63, 3.8) is 0 Å². The lowest BCUT2D eigenvalue weighted by molar-refractivity contribution is -0.384. The van der Waals surface area contributed by atoms with E-state index in [9.17, 15) is 14.9 Å². The van der Waals surface area contributed by atoms with Gasteiger partial charge >= 0.3 is 0 Å². The van der Waals surface area contributed by atoms with Crippen LogP contribution in [0.5, 0.6) is 0 Å². The molecule has 1 heterocycles. The number of nitrogens with zero attached hydrogens (tertiary/aromatic N) is 3. The first kappa shape index (κ1) is 13.3. The summed E-state index contributed by atoms with van der Waals surface area (Å²) in [4.78, 5) is 25.5. The van der Waals surface area contributed by atoms with Gasteiger partial charge in [-0.15, -0.1) is 0 Å². The van der Waals surface area contributed by atoms with Gasteiger partial charge in [0.2, 0.25) is 5.91 Å². The molecule has 0 aliphatic carbocycles. The topological polar surface area (TPSA) is 92.7 Å². The van der Waals surface area contributed by atoms with Crippen molar-refractivity contribution in [2.45, 2.75) is 0 Å². The number of nitro groups is 1. The molecule has 0 saturated carbocycles. The monoisotopic (exact) mass is 264 g/mol. The number of benzene rings is 1. The van der Waals surface area contributed by atoms with Gasteiger partial charge in [0.25, 0.3) is 5.69 Å². The van der Waals surface area contributed by atoms with Gasteiger partial charge in [0.05, 0.1) is 11.5 Å². The predicted octanol–water partition coefficient (Wildman–Crippen LogP) is 0.202. The Kier molecular flexibility index (Phi) is 3.96. The van der Waals surface area contributed by atoms with Crippen molar-refractivity contribution in [3.8, 4) is 0 Å². The lowest BCUT2D eigenvalue weighted by atomic mass is 10.2. The van der Waals surface area contributed by atoms with Crippen molar-refractivity contribution < 1.29 is 9.72 Å². The molecule has 19 heavy (non-hydrogen) atoms. The fourth-order valence-electron chi connectivity index (χ4n) is 2.15. The summed E-state index contributed by atoms with van der Waals surface area (Å²) in [7, 11) is 0. The highest BCUT2D eigenvalue weighted by atomic mass is 16.6. The van der Waals surface area contributed by atoms with Crippen molar-refractivity contribution >= 4 is 17.3 Å². The highest BCUT2D eigenvalue weighted by Crippen LogP contribution is 2.22. The zero-order valence-electron chi connectivity index (χ0n) is 10.5. The Morgan fingerprint density at radius 3 is 2.58 bits per heavy atom. The van der Waals surface area contributed by atoms with Gasteiger partial charge in [0.1, 0.15) is 0 Å². The summed E-state index contributed by atoms with van der Waals surface area (Å²) in [5, 5.41) is 10.7. The number of anilines is 1. The molecule has 2 N–H and O–H groups in total. The summed E-state index contributed by atoms with van der Waals surface area (Å²) >= 11 is 0. The molecule has 0 spiro atoms. The summed E-state index contributed by atoms with van der Waals surface area (Å²) in [5.41, 5.74) is 6.22. The van der Waals surface area contributed by atoms with Crippen LogP contribution in [0.4, 0.5) is 11.4 Å². The molecule has 7 nitrogen and oxygen atoms in total. The predicted molar refractivity (Wildman–Crippen MR) is 70.9 cm³/mol. The third-order valence-corrected chi connectivity index (χ3v) is 3.21. The number of carbonyl (C=O) groups excluding carboxylic acids is 1. The van der Waals surface area contributed by atoms with Gasteiger partial charge in [-0.1, -0.05) is 6.07 Å². The molecule has 0 bridgehead atoms. The van der Waals surface area contributed by atoms with Gasteiger partial charge < -0.3 is 15.5 Å². The molecule has 1 fully saturated rings.